The van der Waals surface area contributed by atoms with Crippen LogP contribution >= 0.6 is 0 Å². The molecular weight excluding hydrogens is 400 g/mol. The molecule has 1 amide bonds. The van der Waals surface area contributed by atoms with Crippen molar-refractivity contribution >= 4 is 21.6 Å². The third-order valence-electron chi connectivity index (χ3n) is 4.82. The summed E-state index contributed by atoms with van der Waals surface area (Å²) < 4.78 is 33.0. The first-order valence-corrected chi connectivity index (χ1v) is 10.9. The van der Waals surface area contributed by atoms with E-state index in [1.165, 1.54) is 0 Å². The summed E-state index contributed by atoms with van der Waals surface area (Å²) in [7, 11) is -2.12. The fourth-order valence-electron chi connectivity index (χ4n) is 2.91. The Hall–Kier alpha value is -3.32. The van der Waals surface area contributed by atoms with Crippen LogP contribution in [-0.4, -0.2) is 21.4 Å². The molecule has 0 aliphatic rings. The van der Waals surface area contributed by atoms with Gasteiger partial charge in [-0.2, -0.15) is 0 Å². The van der Waals surface area contributed by atoms with Gasteiger partial charge in [0.1, 0.15) is 5.75 Å². The summed E-state index contributed by atoms with van der Waals surface area (Å²) in [5, 5.41) is 2.84. The van der Waals surface area contributed by atoms with Crippen molar-refractivity contribution in [3.05, 3.63) is 89.0 Å². The molecule has 0 unspecified atom stereocenters. The zero-order chi connectivity index (χ0) is 21.7. The first-order chi connectivity index (χ1) is 14.3. The van der Waals surface area contributed by atoms with Gasteiger partial charge in [0.15, 0.2) is 0 Å². The highest BCUT2D eigenvalue weighted by atomic mass is 32.2. The topological polar surface area (TPSA) is 84.5 Å². The predicted octanol–water partition coefficient (Wildman–Crippen LogP) is 4.04. The van der Waals surface area contributed by atoms with Gasteiger partial charge in [-0.05, 0) is 67.4 Å². The number of nitrogens with one attached hydrogen (secondary N) is 2. The molecule has 0 saturated heterocycles. The lowest BCUT2D eigenvalue weighted by Gasteiger charge is -2.11. The maximum atomic E-state index is 12.6. The second-order valence-corrected chi connectivity index (χ2v) is 8.61. The lowest BCUT2D eigenvalue weighted by molar-refractivity contribution is 0.0950. The third kappa shape index (κ3) is 4.99. The number of sulfonamides is 1. The number of carbonyl (C=O) groups is 1. The van der Waals surface area contributed by atoms with Crippen molar-refractivity contribution in [2.45, 2.75) is 25.3 Å². The van der Waals surface area contributed by atoms with Crippen molar-refractivity contribution in [2.75, 3.05) is 11.8 Å². The van der Waals surface area contributed by atoms with Crippen LogP contribution in [0.2, 0.25) is 0 Å². The molecule has 7 heteroatoms. The Bertz CT molecular complexity index is 1160. The molecule has 156 valence electrons. The minimum absolute atomic E-state index is 0.198. The molecule has 0 fully saturated rings. The van der Waals surface area contributed by atoms with Crippen LogP contribution in [0.15, 0.2) is 71.6 Å². The van der Waals surface area contributed by atoms with Crippen molar-refractivity contribution in [3.8, 4) is 5.75 Å². The Morgan fingerprint density at radius 3 is 2.30 bits per heavy atom. The minimum atomic E-state index is -3.70. The van der Waals surface area contributed by atoms with E-state index in [2.05, 4.69) is 10.0 Å². The van der Waals surface area contributed by atoms with E-state index in [0.29, 0.717) is 23.5 Å². The summed E-state index contributed by atoms with van der Waals surface area (Å²) >= 11 is 0. The highest BCUT2D eigenvalue weighted by molar-refractivity contribution is 7.92. The van der Waals surface area contributed by atoms with Crippen molar-refractivity contribution in [1.29, 1.82) is 0 Å². The van der Waals surface area contributed by atoms with Gasteiger partial charge in [0.05, 0.1) is 12.0 Å². The van der Waals surface area contributed by atoms with E-state index in [1.807, 2.05) is 38.1 Å². The number of para-hydroxylation sites is 1. The van der Waals surface area contributed by atoms with Gasteiger partial charge in [-0.1, -0.05) is 24.3 Å². The van der Waals surface area contributed by atoms with E-state index < -0.39 is 10.0 Å². The molecule has 3 rings (SSSR count). The van der Waals surface area contributed by atoms with Crippen LogP contribution in [0.4, 0.5) is 5.69 Å². The largest absolute Gasteiger partial charge is 0.496 e. The average Bonchev–Trinajstić information content (AvgIpc) is 2.74. The van der Waals surface area contributed by atoms with Crippen LogP contribution in [0.5, 0.6) is 5.75 Å². The molecule has 3 aromatic rings. The molecule has 0 aromatic heterocycles. The Morgan fingerprint density at radius 1 is 0.933 bits per heavy atom. The average molecular weight is 425 g/mol. The fraction of sp³-hybridized carbons (Fsp3) is 0.174. The molecule has 0 spiro atoms. The number of amides is 1. The van der Waals surface area contributed by atoms with Crippen LogP contribution in [0.3, 0.4) is 0 Å². The molecular formula is C23H24N2O4S. The Labute approximate surface area is 177 Å². The number of ether oxygens (including phenoxy) is 1. The van der Waals surface area contributed by atoms with Gasteiger partial charge >= 0.3 is 0 Å². The van der Waals surface area contributed by atoms with Gasteiger partial charge in [-0.15, -0.1) is 0 Å². The highest BCUT2D eigenvalue weighted by Crippen LogP contribution is 2.20. The van der Waals surface area contributed by atoms with Gasteiger partial charge in [0, 0.05) is 23.4 Å². The number of carbonyl (C=O) groups excluding carboxylic acids is 1. The second kappa shape index (κ2) is 9.00. The predicted molar refractivity (Wildman–Crippen MR) is 117 cm³/mol. The number of hydrogen-bond donors (Lipinski definition) is 2. The molecule has 0 saturated carbocycles. The molecule has 0 radical (unpaired) electrons. The quantitative estimate of drug-likeness (QED) is 0.599. The zero-order valence-corrected chi connectivity index (χ0v) is 17.9. The first-order valence-electron chi connectivity index (χ1n) is 9.40. The van der Waals surface area contributed by atoms with Gasteiger partial charge in [0.25, 0.3) is 15.9 Å². The van der Waals surface area contributed by atoms with Gasteiger partial charge in [-0.3, -0.25) is 9.52 Å². The summed E-state index contributed by atoms with van der Waals surface area (Å²) in [6, 6.07) is 18.7. The van der Waals surface area contributed by atoms with Crippen molar-refractivity contribution in [3.63, 3.8) is 0 Å². The number of anilines is 1. The molecule has 0 bridgehead atoms. The minimum Gasteiger partial charge on any atom is -0.496 e. The van der Waals surface area contributed by atoms with E-state index >= 15 is 0 Å². The monoisotopic (exact) mass is 424 g/mol. The van der Waals surface area contributed by atoms with Crippen molar-refractivity contribution in [1.82, 2.24) is 5.32 Å². The number of aryl methyl sites for hydroxylation is 2. The molecule has 0 aliphatic heterocycles. The number of rotatable bonds is 7. The number of hydrogen-bond acceptors (Lipinski definition) is 4. The second-order valence-electron chi connectivity index (χ2n) is 6.92. The Kier molecular flexibility index (Phi) is 6.42. The van der Waals surface area contributed by atoms with Crippen molar-refractivity contribution in [2.24, 2.45) is 0 Å². The van der Waals surface area contributed by atoms with Crippen LogP contribution in [-0.2, 0) is 16.6 Å². The van der Waals surface area contributed by atoms with E-state index in [-0.39, 0.29) is 10.8 Å². The summed E-state index contributed by atoms with van der Waals surface area (Å²) in [4.78, 5) is 12.6. The van der Waals surface area contributed by atoms with E-state index in [4.69, 9.17) is 4.74 Å². The first kappa shape index (κ1) is 21.4. The van der Waals surface area contributed by atoms with E-state index in [0.717, 1.165) is 16.7 Å². The maximum absolute atomic E-state index is 12.6. The number of benzene rings is 3. The van der Waals surface area contributed by atoms with Crippen LogP contribution in [0.25, 0.3) is 0 Å². The Morgan fingerprint density at radius 2 is 1.63 bits per heavy atom. The lowest BCUT2D eigenvalue weighted by atomic mass is 10.1. The molecule has 3 aromatic carbocycles. The Balaban J connectivity index is 1.66. The lowest BCUT2D eigenvalue weighted by Crippen LogP contribution is -2.23. The number of methoxy groups -OCH3 is 1. The van der Waals surface area contributed by atoms with Gasteiger partial charge in [0.2, 0.25) is 0 Å². The standard InChI is InChI=1S/C23H24N2O4S/c1-16-8-13-21(14-17(16)2)30(27,28)25-20-11-9-18(10-12-20)23(26)24-15-19-6-4-5-7-22(19)29-3/h4-14,25H,15H2,1-3H3,(H,24,26). The highest BCUT2D eigenvalue weighted by Gasteiger charge is 2.15. The molecule has 30 heavy (non-hydrogen) atoms. The van der Waals surface area contributed by atoms with E-state index in [1.54, 1.807) is 49.6 Å². The zero-order valence-electron chi connectivity index (χ0n) is 17.1. The molecule has 2 N–H and O–H groups in total. The summed E-state index contributed by atoms with van der Waals surface area (Å²) in [6.07, 6.45) is 0. The fourth-order valence-corrected chi connectivity index (χ4v) is 4.05. The molecule has 0 atom stereocenters. The molecule has 0 heterocycles. The van der Waals surface area contributed by atoms with Crippen LogP contribution in [0, 0.1) is 13.8 Å². The summed E-state index contributed by atoms with van der Waals surface area (Å²) in [6.45, 7) is 4.12. The van der Waals surface area contributed by atoms with Crippen LogP contribution in [0.1, 0.15) is 27.0 Å². The smallest absolute Gasteiger partial charge is 0.261 e. The van der Waals surface area contributed by atoms with Crippen molar-refractivity contribution < 1.29 is 17.9 Å². The van der Waals surface area contributed by atoms with Crippen LogP contribution < -0.4 is 14.8 Å². The third-order valence-corrected chi connectivity index (χ3v) is 6.20. The molecule has 6 nitrogen and oxygen atoms in total. The normalized spacial score (nSPS) is 11.0. The summed E-state index contributed by atoms with van der Waals surface area (Å²) in [5.74, 6) is 0.443. The SMILES string of the molecule is COc1ccccc1CNC(=O)c1ccc(NS(=O)(=O)c2ccc(C)c(C)c2)cc1. The van der Waals surface area contributed by atoms with E-state index in [9.17, 15) is 13.2 Å². The van der Waals surface area contributed by atoms with Gasteiger partial charge in [-0.25, -0.2) is 8.42 Å². The van der Waals surface area contributed by atoms with Gasteiger partial charge < -0.3 is 10.1 Å². The maximum Gasteiger partial charge on any atom is 0.261 e. The molecule has 0 aliphatic carbocycles. The summed E-state index contributed by atoms with van der Waals surface area (Å²) in [5.41, 5.74) is 3.61.